The SMILES string of the molecule is CNC(COc1cccc(C(C)C)c1)(C(N)=O)C1CC1. The van der Waals surface area contributed by atoms with Crippen LogP contribution in [0.5, 0.6) is 5.75 Å². The normalized spacial score (nSPS) is 17.8. The molecule has 0 heterocycles. The number of primary amides is 1. The zero-order chi connectivity index (χ0) is 14.8. The highest BCUT2D eigenvalue weighted by atomic mass is 16.5. The number of likely N-dealkylation sites (N-methyl/N-ethyl adjacent to an activating group) is 1. The topological polar surface area (TPSA) is 64.3 Å². The van der Waals surface area contributed by atoms with Gasteiger partial charge in [0.2, 0.25) is 5.91 Å². The minimum atomic E-state index is -0.742. The molecule has 1 fully saturated rings. The molecular weight excluding hydrogens is 252 g/mol. The van der Waals surface area contributed by atoms with Gasteiger partial charge in [0.25, 0.3) is 0 Å². The number of nitrogens with two attached hydrogens (primary N) is 1. The summed E-state index contributed by atoms with van der Waals surface area (Å²) >= 11 is 0. The Bertz CT molecular complexity index is 483. The number of rotatable bonds is 7. The summed E-state index contributed by atoms with van der Waals surface area (Å²) in [5.41, 5.74) is 6.07. The Morgan fingerprint density at radius 3 is 2.70 bits per heavy atom. The average Bonchev–Trinajstić information content (AvgIpc) is 3.25. The number of amides is 1. The molecule has 20 heavy (non-hydrogen) atoms. The fourth-order valence-corrected chi connectivity index (χ4v) is 2.53. The molecule has 0 saturated heterocycles. The third-order valence-electron chi connectivity index (χ3n) is 4.15. The maximum absolute atomic E-state index is 11.8. The lowest BCUT2D eigenvalue weighted by Crippen LogP contribution is -2.59. The van der Waals surface area contributed by atoms with Crippen molar-refractivity contribution in [2.75, 3.05) is 13.7 Å². The second-order valence-electron chi connectivity index (χ2n) is 5.88. The van der Waals surface area contributed by atoms with Gasteiger partial charge in [0.1, 0.15) is 17.9 Å². The first-order valence-electron chi connectivity index (χ1n) is 7.21. The van der Waals surface area contributed by atoms with E-state index in [-0.39, 0.29) is 12.5 Å². The molecule has 0 radical (unpaired) electrons. The molecule has 0 spiro atoms. The van der Waals surface area contributed by atoms with Crippen molar-refractivity contribution in [1.82, 2.24) is 5.32 Å². The number of carbonyl (C=O) groups is 1. The summed E-state index contributed by atoms with van der Waals surface area (Å²) in [4.78, 5) is 11.8. The summed E-state index contributed by atoms with van der Waals surface area (Å²) < 4.78 is 5.85. The van der Waals surface area contributed by atoms with Crippen molar-refractivity contribution < 1.29 is 9.53 Å². The van der Waals surface area contributed by atoms with Crippen LogP contribution >= 0.6 is 0 Å². The van der Waals surface area contributed by atoms with Crippen LogP contribution in [-0.4, -0.2) is 25.1 Å². The number of carbonyl (C=O) groups excluding carboxylic acids is 1. The van der Waals surface area contributed by atoms with Crippen LogP contribution in [0.15, 0.2) is 24.3 Å². The molecule has 4 heteroatoms. The summed E-state index contributed by atoms with van der Waals surface area (Å²) in [7, 11) is 1.77. The van der Waals surface area contributed by atoms with E-state index in [1.165, 1.54) is 5.56 Å². The monoisotopic (exact) mass is 276 g/mol. The summed E-state index contributed by atoms with van der Waals surface area (Å²) in [6, 6.07) is 8.00. The predicted molar refractivity (Wildman–Crippen MR) is 79.7 cm³/mol. The van der Waals surface area contributed by atoms with Gasteiger partial charge in [-0.15, -0.1) is 0 Å². The molecule has 110 valence electrons. The van der Waals surface area contributed by atoms with Crippen LogP contribution in [0.25, 0.3) is 0 Å². The van der Waals surface area contributed by atoms with Gasteiger partial charge in [-0.1, -0.05) is 26.0 Å². The molecule has 1 aliphatic rings. The van der Waals surface area contributed by atoms with Crippen LogP contribution in [-0.2, 0) is 4.79 Å². The molecule has 1 aromatic rings. The Morgan fingerprint density at radius 1 is 1.50 bits per heavy atom. The summed E-state index contributed by atoms with van der Waals surface area (Å²) in [5, 5.41) is 3.09. The van der Waals surface area contributed by atoms with Gasteiger partial charge in [0.05, 0.1) is 0 Å². The molecular formula is C16H24N2O2. The van der Waals surface area contributed by atoms with Gasteiger partial charge in [-0.05, 0) is 49.4 Å². The van der Waals surface area contributed by atoms with E-state index in [9.17, 15) is 4.79 Å². The molecule has 2 rings (SSSR count). The standard InChI is InChI=1S/C16H24N2O2/c1-11(2)12-5-4-6-14(9-12)20-10-16(18-3,15(17)19)13-7-8-13/h4-6,9,11,13,18H,7-8,10H2,1-3H3,(H2,17,19). The number of nitrogens with one attached hydrogen (secondary N) is 1. The van der Waals surface area contributed by atoms with Crippen molar-refractivity contribution in [2.24, 2.45) is 11.7 Å². The first-order valence-corrected chi connectivity index (χ1v) is 7.21. The van der Waals surface area contributed by atoms with E-state index in [1.54, 1.807) is 7.05 Å². The minimum Gasteiger partial charge on any atom is -0.491 e. The van der Waals surface area contributed by atoms with Crippen LogP contribution in [0.3, 0.4) is 0 Å². The van der Waals surface area contributed by atoms with Crippen molar-refractivity contribution in [2.45, 2.75) is 38.1 Å². The molecule has 1 aromatic carbocycles. The second kappa shape index (κ2) is 5.83. The Kier molecular flexibility index (Phi) is 4.33. The lowest BCUT2D eigenvalue weighted by atomic mass is 9.93. The van der Waals surface area contributed by atoms with E-state index in [2.05, 4.69) is 25.2 Å². The highest BCUT2D eigenvalue weighted by molar-refractivity contribution is 5.85. The second-order valence-corrected chi connectivity index (χ2v) is 5.88. The maximum Gasteiger partial charge on any atom is 0.241 e. The molecule has 0 bridgehead atoms. The quantitative estimate of drug-likeness (QED) is 0.801. The lowest BCUT2D eigenvalue weighted by Gasteiger charge is -2.30. The number of hydrogen-bond acceptors (Lipinski definition) is 3. The minimum absolute atomic E-state index is 0.283. The van der Waals surface area contributed by atoms with Crippen molar-refractivity contribution in [3.63, 3.8) is 0 Å². The smallest absolute Gasteiger partial charge is 0.241 e. The number of hydrogen-bond donors (Lipinski definition) is 2. The van der Waals surface area contributed by atoms with Gasteiger partial charge in [0.15, 0.2) is 0 Å². The van der Waals surface area contributed by atoms with Crippen molar-refractivity contribution in [3.05, 3.63) is 29.8 Å². The highest BCUT2D eigenvalue weighted by Gasteiger charge is 2.49. The third kappa shape index (κ3) is 2.96. The van der Waals surface area contributed by atoms with Crippen molar-refractivity contribution >= 4 is 5.91 Å². The largest absolute Gasteiger partial charge is 0.491 e. The maximum atomic E-state index is 11.8. The first kappa shape index (κ1) is 14.9. The van der Waals surface area contributed by atoms with Crippen molar-refractivity contribution in [3.8, 4) is 5.75 Å². The van der Waals surface area contributed by atoms with Gasteiger partial charge in [-0.2, -0.15) is 0 Å². The van der Waals surface area contributed by atoms with Crippen LogP contribution in [0, 0.1) is 5.92 Å². The molecule has 1 amide bonds. The zero-order valence-electron chi connectivity index (χ0n) is 12.5. The fourth-order valence-electron chi connectivity index (χ4n) is 2.53. The fraction of sp³-hybridized carbons (Fsp3) is 0.562. The van der Waals surface area contributed by atoms with Crippen LogP contribution in [0.2, 0.25) is 0 Å². The molecule has 1 aliphatic carbocycles. The Balaban J connectivity index is 2.10. The number of benzene rings is 1. The van der Waals surface area contributed by atoms with E-state index in [0.717, 1.165) is 18.6 Å². The van der Waals surface area contributed by atoms with Gasteiger partial charge in [-0.3, -0.25) is 4.79 Å². The van der Waals surface area contributed by atoms with Crippen LogP contribution in [0.4, 0.5) is 0 Å². The Hall–Kier alpha value is -1.55. The van der Waals surface area contributed by atoms with E-state index in [0.29, 0.717) is 11.8 Å². The molecule has 0 aromatic heterocycles. The molecule has 1 saturated carbocycles. The van der Waals surface area contributed by atoms with Crippen molar-refractivity contribution in [1.29, 1.82) is 0 Å². The van der Waals surface area contributed by atoms with Crippen LogP contribution < -0.4 is 15.8 Å². The van der Waals surface area contributed by atoms with E-state index in [4.69, 9.17) is 10.5 Å². The average molecular weight is 276 g/mol. The van der Waals surface area contributed by atoms with E-state index >= 15 is 0 Å². The highest BCUT2D eigenvalue weighted by Crippen LogP contribution is 2.39. The Morgan fingerprint density at radius 2 is 2.20 bits per heavy atom. The van der Waals surface area contributed by atoms with Gasteiger partial charge < -0.3 is 15.8 Å². The summed E-state index contributed by atoms with van der Waals surface area (Å²) in [6.45, 7) is 4.57. The summed E-state index contributed by atoms with van der Waals surface area (Å²) in [6.07, 6.45) is 2.05. The number of ether oxygens (including phenoxy) is 1. The zero-order valence-corrected chi connectivity index (χ0v) is 12.5. The molecule has 0 aliphatic heterocycles. The lowest BCUT2D eigenvalue weighted by molar-refractivity contribution is -0.126. The summed E-state index contributed by atoms with van der Waals surface area (Å²) in [5.74, 6) is 1.20. The molecule has 4 nitrogen and oxygen atoms in total. The van der Waals surface area contributed by atoms with Crippen LogP contribution in [0.1, 0.15) is 38.2 Å². The third-order valence-corrected chi connectivity index (χ3v) is 4.15. The van der Waals surface area contributed by atoms with E-state index in [1.807, 2.05) is 18.2 Å². The Labute approximate surface area is 120 Å². The van der Waals surface area contributed by atoms with Gasteiger partial charge in [-0.25, -0.2) is 0 Å². The molecule has 1 unspecified atom stereocenters. The predicted octanol–water partition coefficient (Wildman–Crippen LogP) is 2.04. The molecule has 1 atom stereocenters. The molecule has 3 N–H and O–H groups in total. The van der Waals surface area contributed by atoms with Gasteiger partial charge in [0, 0.05) is 0 Å². The van der Waals surface area contributed by atoms with Gasteiger partial charge >= 0.3 is 0 Å². The van der Waals surface area contributed by atoms with E-state index < -0.39 is 5.54 Å². The first-order chi connectivity index (χ1) is 9.49.